The molecule has 0 aliphatic carbocycles. The first kappa shape index (κ1) is 24.6. The van der Waals surface area contributed by atoms with E-state index in [-0.39, 0.29) is 49.7 Å². The lowest BCUT2D eigenvalue weighted by Crippen LogP contribution is -2.66. The van der Waals surface area contributed by atoms with Gasteiger partial charge in [0.2, 0.25) is 5.91 Å². The van der Waals surface area contributed by atoms with Crippen molar-refractivity contribution in [3.05, 3.63) is 71.8 Å². The van der Waals surface area contributed by atoms with Crippen LogP contribution in [0.2, 0.25) is 0 Å². The van der Waals surface area contributed by atoms with Gasteiger partial charge in [0.1, 0.15) is 0 Å². The number of fused-ring (bicyclic) bond motifs is 1. The second-order valence-corrected chi connectivity index (χ2v) is 7.73. The zero-order valence-corrected chi connectivity index (χ0v) is 18.7. The van der Waals surface area contributed by atoms with Crippen LogP contribution in [0.3, 0.4) is 0 Å². The lowest BCUT2D eigenvalue weighted by Gasteiger charge is -2.50. The number of hydrogen-bond donors (Lipinski definition) is 2. The minimum absolute atomic E-state index is 0. The Morgan fingerprint density at radius 1 is 0.967 bits per heavy atom. The summed E-state index contributed by atoms with van der Waals surface area (Å²) in [5, 5.41) is 12.7. The van der Waals surface area contributed by atoms with Crippen molar-refractivity contribution in [2.24, 2.45) is 0 Å². The van der Waals surface area contributed by atoms with Gasteiger partial charge in [0.25, 0.3) is 0 Å². The molecule has 2 atom stereocenters. The number of aliphatic hydroxyl groups is 1. The van der Waals surface area contributed by atoms with E-state index >= 15 is 0 Å². The zero-order valence-electron chi connectivity index (χ0n) is 17.0. The van der Waals surface area contributed by atoms with Gasteiger partial charge >= 0.3 is 0 Å². The van der Waals surface area contributed by atoms with Gasteiger partial charge in [-0.1, -0.05) is 60.7 Å². The lowest BCUT2D eigenvalue weighted by atomic mass is 9.82. The summed E-state index contributed by atoms with van der Waals surface area (Å²) in [5.41, 5.74) is 2.67. The van der Waals surface area contributed by atoms with Crippen LogP contribution in [0.25, 0.3) is 0 Å². The van der Waals surface area contributed by atoms with Crippen LogP contribution in [0.5, 0.6) is 0 Å². The van der Waals surface area contributed by atoms with E-state index in [1.165, 1.54) is 11.1 Å². The summed E-state index contributed by atoms with van der Waals surface area (Å²) in [6.45, 7) is 4.12. The predicted octanol–water partition coefficient (Wildman–Crippen LogP) is 2.53. The number of halogens is 2. The Morgan fingerprint density at radius 3 is 2.13 bits per heavy atom. The Labute approximate surface area is 191 Å². The zero-order chi connectivity index (χ0) is 19.3. The van der Waals surface area contributed by atoms with E-state index in [0.717, 1.165) is 32.7 Å². The minimum atomic E-state index is -0.0747. The largest absolute Gasteiger partial charge is 0.396 e. The summed E-state index contributed by atoms with van der Waals surface area (Å²) < 4.78 is 0. The Hall–Kier alpha value is -1.63. The smallest absolute Gasteiger partial charge is 0.224 e. The van der Waals surface area contributed by atoms with Crippen molar-refractivity contribution in [2.75, 3.05) is 39.3 Å². The Bertz CT molecular complexity index is 739. The molecule has 0 unspecified atom stereocenters. The van der Waals surface area contributed by atoms with E-state index in [1.807, 2.05) is 4.90 Å². The molecule has 0 radical (unpaired) electrons. The Kier molecular flexibility index (Phi) is 9.59. The highest BCUT2D eigenvalue weighted by molar-refractivity contribution is 5.85. The second kappa shape index (κ2) is 11.7. The van der Waals surface area contributed by atoms with Gasteiger partial charge in [-0.3, -0.25) is 9.69 Å². The molecule has 30 heavy (non-hydrogen) atoms. The molecule has 2 aromatic carbocycles. The van der Waals surface area contributed by atoms with Crippen molar-refractivity contribution >= 4 is 30.7 Å². The van der Waals surface area contributed by atoms with E-state index in [1.54, 1.807) is 0 Å². The summed E-state index contributed by atoms with van der Waals surface area (Å²) >= 11 is 0. The number of piperazine rings is 2. The van der Waals surface area contributed by atoms with Crippen LogP contribution in [0, 0.1) is 0 Å². The van der Waals surface area contributed by atoms with Gasteiger partial charge in [-0.15, -0.1) is 24.8 Å². The van der Waals surface area contributed by atoms with Crippen LogP contribution in [0.4, 0.5) is 0 Å². The standard InChI is InChI=1S/C23H29N3O2.2ClH/c27-14-11-22(28)25-12-13-26-20(17-25)15-24-16-21(26)23(18-7-3-1-4-8-18)19-9-5-2-6-10-19;;/h1-10,20-21,23-24,27H,11-17H2;2*1H/t20-,21-;;/m0../s1. The van der Waals surface area contributed by atoms with Crippen LogP contribution in [0.1, 0.15) is 23.5 Å². The maximum Gasteiger partial charge on any atom is 0.224 e. The van der Waals surface area contributed by atoms with Gasteiger partial charge in [0.05, 0.1) is 6.61 Å². The summed E-state index contributed by atoms with van der Waals surface area (Å²) in [6.07, 6.45) is 0.222. The number of nitrogens with zero attached hydrogens (tertiary/aromatic N) is 2. The molecule has 0 aromatic heterocycles. The Balaban J connectivity index is 0.00000160. The number of nitrogens with one attached hydrogen (secondary N) is 1. The van der Waals surface area contributed by atoms with Gasteiger partial charge in [0.15, 0.2) is 0 Å². The average Bonchev–Trinajstić information content (AvgIpc) is 2.75. The molecule has 0 spiro atoms. The summed E-state index contributed by atoms with van der Waals surface area (Å²) in [7, 11) is 0. The first-order valence-electron chi connectivity index (χ1n) is 10.2. The number of hydrogen-bond acceptors (Lipinski definition) is 4. The van der Waals surface area contributed by atoms with Crippen LogP contribution in [0.15, 0.2) is 60.7 Å². The number of aliphatic hydroxyl groups excluding tert-OH is 1. The number of carbonyl (C=O) groups is 1. The lowest BCUT2D eigenvalue weighted by molar-refractivity contribution is -0.136. The van der Waals surface area contributed by atoms with Crippen LogP contribution in [-0.4, -0.2) is 72.2 Å². The number of rotatable bonds is 5. The third-order valence-electron chi connectivity index (χ3n) is 6.07. The van der Waals surface area contributed by atoms with E-state index in [2.05, 4.69) is 70.9 Å². The molecule has 5 nitrogen and oxygen atoms in total. The molecule has 2 aromatic rings. The highest BCUT2D eigenvalue weighted by Crippen LogP contribution is 2.33. The van der Waals surface area contributed by atoms with Crippen molar-refractivity contribution in [1.29, 1.82) is 0 Å². The molecule has 2 aliphatic heterocycles. The van der Waals surface area contributed by atoms with Crippen LogP contribution < -0.4 is 5.32 Å². The molecule has 1 amide bonds. The highest BCUT2D eigenvalue weighted by Gasteiger charge is 2.40. The van der Waals surface area contributed by atoms with Gasteiger partial charge < -0.3 is 15.3 Å². The minimum Gasteiger partial charge on any atom is -0.396 e. The van der Waals surface area contributed by atoms with E-state index in [0.29, 0.717) is 12.1 Å². The van der Waals surface area contributed by atoms with Crippen molar-refractivity contribution < 1.29 is 9.90 Å². The SMILES string of the molecule is Cl.Cl.O=C(CCO)N1CCN2[C@@H](CNC[C@H]2C(c2ccccc2)c2ccccc2)C1. The van der Waals surface area contributed by atoms with E-state index in [9.17, 15) is 4.79 Å². The fraction of sp³-hybridized carbons (Fsp3) is 0.435. The molecule has 0 bridgehead atoms. The van der Waals surface area contributed by atoms with E-state index in [4.69, 9.17) is 5.11 Å². The fourth-order valence-electron chi connectivity index (χ4n) is 4.75. The number of carbonyl (C=O) groups excluding carboxylic acids is 1. The van der Waals surface area contributed by atoms with Crippen LogP contribution >= 0.6 is 24.8 Å². The third-order valence-corrected chi connectivity index (χ3v) is 6.07. The van der Waals surface area contributed by atoms with Crippen LogP contribution in [-0.2, 0) is 4.79 Å². The summed E-state index contributed by atoms with van der Waals surface area (Å²) in [6, 6.07) is 22.2. The van der Waals surface area contributed by atoms with Crippen molar-refractivity contribution in [3.63, 3.8) is 0 Å². The van der Waals surface area contributed by atoms with Gasteiger partial charge in [-0.05, 0) is 11.1 Å². The Morgan fingerprint density at radius 2 is 1.57 bits per heavy atom. The first-order chi connectivity index (χ1) is 13.8. The van der Waals surface area contributed by atoms with Gasteiger partial charge in [-0.25, -0.2) is 0 Å². The molecular formula is C23H31Cl2N3O2. The van der Waals surface area contributed by atoms with Gasteiger partial charge in [0, 0.05) is 57.1 Å². The molecule has 2 heterocycles. The quantitative estimate of drug-likeness (QED) is 0.732. The van der Waals surface area contributed by atoms with Crippen molar-refractivity contribution in [2.45, 2.75) is 24.4 Å². The average molecular weight is 452 g/mol. The first-order valence-corrected chi connectivity index (χ1v) is 10.2. The highest BCUT2D eigenvalue weighted by atomic mass is 35.5. The predicted molar refractivity (Wildman–Crippen MR) is 125 cm³/mol. The van der Waals surface area contributed by atoms with E-state index < -0.39 is 0 Å². The fourth-order valence-corrected chi connectivity index (χ4v) is 4.75. The third kappa shape index (κ3) is 5.34. The maximum absolute atomic E-state index is 12.3. The second-order valence-electron chi connectivity index (χ2n) is 7.73. The monoisotopic (exact) mass is 451 g/mol. The molecule has 2 aliphatic rings. The summed E-state index contributed by atoms with van der Waals surface area (Å²) in [4.78, 5) is 16.8. The maximum atomic E-state index is 12.3. The molecule has 164 valence electrons. The molecule has 0 saturated carbocycles. The number of amides is 1. The molecule has 2 fully saturated rings. The molecule has 4 rings (SSSR count). The molecule has 2 saturated heterocycles. The van der Waals surface area contributed by atoms with Gasteiger partial charge in [-0.2, -0.15) is 0 Å². The normalized spacial score (nSPS) is 21.3. The topological polar surface area (TPSA) is 55.8 Å². The number of benzene rings is 2. The summed E-state index contributed by atoms with van der Waals surface area (Å²) in [5.74, 6) is 0.351. The molecular weight excluding hydrogens is 421 g/mol. The molecule has 2 N–H and O–H groups in total. The van der Waals surface area contributed by atoms with Crippen molar-refractivity contribution in [3.8, 4) is 0 Å². The molecule has 7 heteroatoms. The van der Waals surface area contributed by atoms with Crippen molar-refractivity contribution in [1.82, 2.24) is 15.1 Å².